The second-order valence-electron chi connectivity index (χ2n) is 6.85. The number of carbonyl (C=O) groups excluding carboxylic acids is 1. The number of nitrogens with one attached hydrogen (secondary N) is 1. The highest BCUT2D eigenvalue weighted by atomic mass is 16.2. The summed E-state index contributed by atoms with van der Waals surface area (Å²) in [5, 5.41) is 7.22. The monoisotopic (exact) mass is 379 g/mol. The zero-order valence-corrected chi connectivity index (χ0v) is 15.5. The lowest BCUT2D eigenvalue weighted by atomic mass is 10.2. The molecule has 1 unspecified atom stereocenters. The molecular weight excluding hydrogens is 358 g/mol. The smallest absolute Gasteiger partial charge is 0.240 e. The van der Waals surface area contributed by atoms with E-state index in [1.165, 1.54) is 12.1 Å². The maximum Gasteiger partial charge on any atom is 0.240 e. The average molecular weight is 379 g/mol. The molecule has 0 bridgehead atoms. The van der Waals surface area contributed by atoms with E-state index in [1.807, 2.05) is 19.3 Å². The Balaban J connectivity index is 1.37. The molecule has 0 aromatic carbocycles. The lowest BCUT2D eigenvalue weighted by Crippen LogP contribution is -2.39. The maximum absolute atomic E-state index is 12.3. The van der Waals surface area contributed by atoms with Gasteiger partial charge in [-0.05, 0) is 12.5 Å². The Labute approximate surface area is 161 Å². The van der Waals surface area contributed by atoms with Crippen molar-refractivity contribution in [3.8, 4) is 11.3 Å². The summed E-state index contributed by atoms with van der Waals surface area (Å²) in [6.07, 6.45) is 9.48. The largest absolute Gasteiger partial charge is 0.350 e. The number of nitrogens with zero attached hydrogens (tertiary/aromatic N) is 6. The molecule has 1 N–H and O–H groups in total. The number of aromatic nitrogens is 5. The first-order valence-electron chi connectivity index (χ1n) is 9.09. The summed E-state index contributed by atoms with van der Waals surface area (Å²) in [4.78, 5) is 34.5. The molecule has 1 fully saturated rings. The first kappa shape index (κ1) is 17.9. The van der Waals surface area contributed by atoms with Crippen LogP contribution in [0, 0.1) is 0 Å². The fraction of sp³-hybridized carbons (Fsp3) is 0.316. The highest BCUT2D eigenvalue weighted by Crippen LogP contribution is 2.21. The van der Waals surface area contributed by atoms with Gasteiger partial charge in [0.15, 0.2) is 5.43 Å². The third-order valence-corrected chi connectivity index (χ3v) is 4.67. The zero-order valence-electron chi connectivity index (χ0n) is 15.5. The number of amides is 1. The average Bonchev–Trinajstić information content (AvgIpc) is 3.33. The van der Waals surface area contributed by atoms with Crippen LogP contribution in [-0.2, 0) is 18.4 Å². The molecule has 4 heterocycles. The lowest BCUT2D eigenvalue weighted by Gasteiger charge is -2.17. The van der Waals surface area contributed by atoms with Gasteiger partial charge in [-0.25, -0.2) is 9.97 Å². The Morgan fingerprint density at radius 1 is 1.29 bits per heavy atom. The molecule has 9 heteroatoms. The van der Waals surface area contributed by atoms with E-state index in [4.69, 9.17) is 0 Å². The van der Waals surface area contributed by atoms with Crippen LogP contribution in [0.1, 0.15) is 6.42 Å². The van der Waals surface area contributed by atoms with Crippen LogP contribution in [0.2, 0.25) is 0 Å². The van der Waals surface area contributed by atoms with Crippen molar-refractivity contribution in [3.05, 3.63) is 59.4 Å². The van der Waals surface area contributed by atoms with Crippen molar-refractivity contribution < 1.29 is 4.79 Å². The van der Waals surface area contributed by atoms with Gasteiger partial charge in [0.05, 0.1) is 11.9 Å². The van der Waals surface area contributed by atoms with Crippen molar-refractivity contribution in [2.75, 3.05) is 18.0 Å². The summed E-state index contributed by atoms with van der Waals surface area (Å²) >= 11 is 0. The molecule has 28 heavy (non-hydrogen) atoms. The van der Waals surface area contributed by atoms with Gasteiger partial charge in [0.25, 0.3) is 0 Å². The summed E-state index contributed by atoms with van der Waals surface area (Å²) in [6, 6.07) is 4.78. The van der Waals surface area contributed by atoms with Crippen molar-refractivity contribution in [2.45, 2.75) is 19.0 Å². The van der Waals surface area contributed by atoms with Gasteiger partial charge in [0.1, 0.15) is 6.54 Å². The molecule has 4 rings (SSSR count). The van der Waals surface area contributed by atoms with Gasteiger partial charge in [0.2, 0.25) is 11.9 Å². The predicted octanol–water partition coefficient (Wildman–Crippen LogP) is 0.434. The number of pyridine rings is 1. The number of carbonyl (C=O) groups is 1. The minimum Gasteiger partial charge on any atom is -0.350 e. The van der Waals surface area contributed by atoms with Gasteiger partial charge >= 0.3 is 0 Å². The Kier molecular flexibility index (Phi) is 4.88. The van der Waals surface area contributed by atoms with E-state index in [0.29, 0.717) is 12.5 Å². The van der Waals surface area contributed by atoms with Crippen LogP contribution in [-0.4, -0.2) is 49.4 Å². The second-order valence-corrected chi connectivity index (χ2v) is 6.85. The van der Waals surface area contributed by atoms with Gasteiger partial charge in [0, 0.05) is 68.7 Å². The number of hydrogen-bond acceptors (Lipinski definition) is 6. The summed E-state index contributed by atoms with van der Waals surface area (Å²) in [6.45, 7) is 1.62. The van der Waals surface area contributed by atoms with Crippen LogP contribution in [0.25, 0.3) is 11.3 Å². The Hall–Kier alpha value is -3.49. The number of hydrogen-bond donors (Lipinski definition) is 1. The number of anilines is 1. The topological polar surface area (TPSA) is 97.9 Å². The predicted molar refractivity (Wildman–Crippen MR) is 104 cm³/mol. The van der Waals surface area contributed by atoms with Gasteiger partial charge < -0.3 is 14.8 Å². The van der Waals surface area contributed by atoms with E-state index in [-0.39, 0.29) is 23.9 Å². The van der Waals surface area contributed by atoms with Crippen LogP contribution in [0.4, 0.5) is 5.95 Å². The molecule has 0 saturated carbocycles. The minimum absolute atomic E-state index is 0.0394. The molecule has 1 atom stereocenters. The molecule has 1 saturated heterocycles. The van der Waals surface area contributed by atoms with Crippen LogP contribution < -0.4 is 15.6 Å². The van der Waals surface area contributed by atoms with Crippen molar-refractivity contribution >= 4 is 11.9 Å². The first-order chi connectivity index (χ1) is 13.6. The Bertz CT molecular complexity index is 1020. The molecule has 3 aromatic rings. The molecule has 144 valence electrons. The van der Waals surface area contributed by atoms with Crippen LogP contribution in [0.3, 0.4) is 0 Å². The molecule has 3 aromatic heterocycles. The van der Waals surface area contributed by atoms with Gasteiger partial charge in [-0.15, -0.1) is 0 Å². The van der Waals surface area contributed by atoms with Crippen molar-refractivity contribution in [1.29, 1.82) is 0 Å². The Morgan fingerprint density at radius 2 is 2.11 bits per heavy atom. The molecule has 0 aliphatic carbocycles. The van der Waals surface area contributed by atoms with Crippen molar-refractivity contribution in [2.24, 2.45) is 7.05 Å². The minimum atomic E-state index is -0.0828. The van der Waals surface area contributed by atoms with Gasteiger partial charge in [-0.1, -0.05) is 0 Å². The molecular formula is C19H21N7O2. The van der Waals surface area contributed by atoms with Crippen LogP contribution in [0.5, 0.6) is 0 Å². The van der Waals surface area contributed by atoms with Crippen LogP contribution in [0.15, 0.2) is 54.0 Å². The Morgan fingerprint density at radius 3 is 2.86 bits per heavy atom. The highest BCUT2D eigenvalue weighted by molar-refractivity contribution is 5.76. The van der Waals surface area contributed by atoms with Crippen molar-refractivity contribution in [1.82, 2.24) is 29.6 Å². The van der Waals surface area contributed by atoms with E-state index in [0.717, 1.165) is 24.2 Å². The summed E-state index contributed by atoms with van der Waals surface area (Å²) in [7, 11) is 1.87. The molecule has 0 spiro atoms. The summed E-state index contributed by atoms with van der Waals surface area (Å²) < 4.78 is 3.42. The third kappa shape index (κ3) is 4.08. The molecule has 9 nitrogen and oxygen atoms in total. The zero-order chi connectivity index (χ0) is 19.5. The van der Waals surface area contributed by atoms with E-state index < -0.39 is 0 Å². The third-order valence-electron chi connectivity index (χ3n) is 4.67. The van der Waals surface area contributed by atoms with Crippen molar-refractivity contribution in [3.63, 3.8) is 0 Å². The van der Waals surface area contributed by atoms with E-state index in [2.05, 4.69) is 25.3 Å². The number of aryl methyl sites for hydroxylation is 1. The maximum atomic E-state index is 12.3. The fourth-order valence-corrected chi connectivity index (χ4v) is 3.26. The quantitative estimate of drug-likeness (QED) is 0.691. The number of rotatable bonds is 5. The standard InChI is InChI=1S/C19H21N7O2/c1-24-11-14(10-21-24)17-2-6-20-19(23-17)26-9-3-15(12-26)22-18(28)13-25-7-4-16(27)5-8-25/h2,4-8,10-11,15H,3,9,12-13H2,1H3,(H,22,28). The van der Waals surface area contributed by atoms with E-state index in [9.17, 15) is 9.59 Å². The molecule has 0 radical (unpaired) electrons. The lowest BCUT2D eigenvalue weighted by molar-refractivity contribution is -0.122. The molecule has 1 aliphatic rings. The van der Waals surface area contributed by atoms with E-state index >= 15 is 0 Å². The SMILES string of the molecule is Cn1cc(-c2ccnc(N3CCC(NC(=O)Cn4ccc(=O)cc4)C3)n2)cn1. The van der Waals surface area contributed by atoms with Gasteiger partial charge in [-0.2, -0.15) is 5.10 Å². The summed E-state index contributed by atoms with van der Waals surface area (Å²) in [5.41, 5.74) is 1.69. The fourth-order valence-electron chi connectivity index (χ4n) is 3.26. The highest BCUT2D eigenvalue weighted by Gasteiger charge is 2.25. The van der Waals surface area contributed by atoms with E-state index in [1.54, 1.807) is 34.0 Å². The first-order valence-corrected chi connectivity index (χ1v) is 9.09. The summed E-state index contributed by atoms with van der Waals surface area (Å²) in [5.74, 6) is 0.569. The molecule has 1 amide bonds. The second kappa shape index (κ2) is 7.63. The van der Waals surface area contributed by atoms with Crippen LogP contribution >= 0.6 is 0 Å². The van der Waals surface area contributed by atoms with Gasteiger partial charge in [-0.3, -0.25) is 14.3 Å². The normalized spacial score (nSPS) is 16.3. The molecule has 1 aliphatic heterocycles.